The molecule has 6 N–H and O–H groups in total. The number of Topliss-reactive ketones (excluding diaryl/α,β-unsaturated/α-hetero) is 1. The minimum Gasteiger partial charge on any atom is -0.396 e. The fourth-order valence-corrected chi connectivity index (χ4v) is 13.5. The molecule has 25 nitrogen and oxygen atoms in total. The Bertz CT molecular complexity index is 2590. The summed E-state index contributed by atoms with van der Waals surface area (Å²) >= 11 is 1.03. The summed E-state index contributed by atoms with van der Waals surface area (Å²) in [6, 6.07) is -12.8. The van der Waals surface area contributed by atoms with Crippen LogP contribution in [-0.2, 0) is 57.5 Å². The summed E-state index contributed by atoms with van der Waals surface area (Å²) in [5.74, 6) is -9.84. The second kappa shape index (κ2) is 42.9. The van der Waals surface area contributed by atoms with E-state index >= 15 is 28.8 Å². The number of nitrogens with one attached hydrogen (secondary N) is 4. The molecule has 0 aromatic rings. The molecule has 1 aliphatic rings. The number of hydrogen-bond donors (Lipinski definition) is 6. The average molecular weight is 1390 g/mol. The van der Waals surface area contributed by atoms with Crippen molar-refractivity contribution in [3.05, 3.63) is 0 Å². The van der Waals surface area contributed by atoms with Crippen molar-refractivity contribution < 1.29 is 67.7 Å². The van der Waals surface area contributed by atoms with Crippen LogP contribution in [0.2, 0.25) is 0 Å². The van der Waals surface area contributed by atoms with Crippen LogP contribution in [0.3, 0.4) is 0 Å². The SMILES string of the molecule is CC[C@@H]1NC(=O)[C@H]([C@H](O)[C@H](C)CCCCCCCCC(C)=O)N(C)C(=O)[C@H](C(C)C)N(C)C(=O)[C@H](CC(C)C)N(C)C(=O)[C@H](CC(C)C)N(C)C(=O)[C@@H](C)NC(=O)[C@H](C)NC(=O)[C@H](CC(C)C)N(C)C(=O)[C@H](C(C)C)NC(=O)[C@H](CC(C)C)N(C)C(=O)[C@@H](SCCCO)N(C)C1=O. The quantitative estimate of drug-likeness (QED) is 0.0587. The van der Waals surface area contributed by atoms with E-state index in [4.69, 9.17) is 0 Å². The van der Waals surface area contributed by atoms with E-state index in [0.717, 1.165) is 48.8 Å². The highest BCUT2D eigenvalue weighted by atomic mass is 32.2. The second-order valence-corrected chi connectivity index (χ2v) is 30.8. The van der Waals surface area contributed by atoms with Gasteiger partial charge in [-0.2, -0.15) is 0 Å². The fourth-order valence-electron chi connectivity index (χ4n) is 12.4. The smallest absolute Gasteiger partial charge is 0.256 e. The van der Waals surface area contributed by atoms with E-state index in [1.165, 1.54) is 92.6 Å². The monoisotopic (exact) mass is 1390 g/mol. The van der Waals surface area contributed by atoms with Gasteiger partial charge in [-0.1, -0.05) is 129 Å². The molecule has 0 spiro atoms. The summed E-state index contributed by atoms with van der Waals surface area (Å²) in [4.78, 5) is 184. The van der Waals surface area contributed by atoms with Crippen LogP contribution in [-0.4, -0.2) is 249 Å². The number of aliphatic hydroxyl groups excluding tert-OH is 2. The molecular formula is C71H129N11O14S. The predicted molar refractivity (Wildman–Crippen MR) is 380 cm³/mol. The van der Waals surface area contributed by atoms with Crippen LogP contribution < -0.4 is 21.3 Å². The van der Waals surface area contributed by atoms with E-state index in [0.29, 0.717) is 19.3 Å². The lowest BCUT2D eigenvalue weighted by molar-refractivity contribution is -0.157. The molecule has 0 saturated carbocycles. The summed E-state index contributed by atoms with van der Waals surface area (Å²) in [6.45, 7) is 29.4. The Balaban J connectivity index is 4.48. The molecule has 0 aliphatic carbocycles. The van der Waals surface area contributed by atoms with Crippen molar-refractivity contribution in [1.29, 1.82) is 0 Å². The first-order chi connectivity index (χ1) is 45.0. The van der Waals surface area contributed by atoms with Crippen LogP contribution in [0.5, 0.6) is 0 Å². The van der Waals surface area contributed by atoms with Gasteiger partial charge in [-0.15, -0.1) is 11.8 Å². The maximum absolute atomic E-state index is 15.5. The van der Waals surface area contributed by atoms with E-state index in [1.54, 1.807) is 48.5 Å². The zero-order valence-electron chi connectivity index (χ0n) is 63.6. The van der Waals surface area contributed by atoms with Crippen LogP contribution in [0.1, 0.15) is 208 Å². The van der Waals surface area contributed by atoms with Crippen LogP contribution in [0, 0.1) is 41.4 Å². The Morgan fingerprint density at radius 1 is 0.443 bits per heavy atom. The van der Waals surface area contributed by atoms with Crippen molar-refractivity contribution in [3.8, 4) is 0 Å². The highest BCUT2D eigenvalue weighted by molar-refractivity contribution is 8.00. The molecule has 1 fully saturated rings. The first kappa shape index (κ1) is 89.1. The Hall–Kier alpha value is -5.89. The predicted octanol–water partition coefficient (Wildman–Crippen LogP) is 5.45. The number of likely N-dealkylation sites (N-methyl/N-ethyl adjacent to an activating group) is 7. The van der Waals surface area contributed by atoms with Crippen LogP contribution >= 0.6 is 11.8 Å². The fraction of sp³-hybridized carbons (Fsp3) is 0.831. The second-order valence-electron chi connectivity index (χ2n) is 29.6. The Morgan fingerprint density at radius 2 is 0.866 bits per heavy atom. The zero-order chi connectivity index (χ0) is 74.8. The van der Waals surface area contributed by atoms with Crippen molar-refractivity contribution in [2.45, 2.75) is 279 Å². The van der Waals surface area contributed by atoms with Crippen LogP contribution in [0.25, 0.3) is 0 Å². The molecule has 0 unspecified atom stereocenters. The van der Waals surface area contributed by atoms with E-state index in [1.807, 2.05) is 55.4 Å². The van der Waals surface area contributed by atoms with Gasteiger partial charge < -0.3 is 70.6 Å². The molecule has 97 heavy (non-hydrogen) atoms. The summed E-state index contributed by atoms with van der Waals surface area (Å²) < 4.78 is 0. The molecule has 1 aliphatic heterocycles. The molecule has 1 heterocycles. The highest BCUT2D eigenvalue weighted by Crippen LogP contribution is 2.28. The largest absolute Gasteiger partial charge is 0.396 e. The number of ketones is 1. The van der Waals surface area contributed by atoms with Crippen LogP contribution in [0.15, 0.2) is 0 Å². The van der Waals surface area contributed by atoms with Gasteiger partial charge in [0.2, 0.25) is 59.1 Å². The molecule has 0 aromatic carbocycles. The molecule has 0 bridgehead atoms. The Labute approximate surface area is 585 Å². The number of carbonyl (C=O) groups is 12. The average Bonchev–Trinajstić information content (AvgIpc) is 0.810. The lowest BCUT2D eigenvalue weighted by Gasteiger charge is -2.41. The number of rotatable bonds is 26. The minimum atomic E-state index is -1.66. The Kier molecular flexibility index (Phi) is 39.4. The van der Waals surface area contributed by atoms with Gasteiger partial charge in [-0.05, 0) is 119 Å². The normalized spacial score (nSPS) is 25.7. The van der Waals surface area contributed by atoms with Crippen LogP contribution in [0.4, 0.5) is 0 Å². The third kappa shape index (κ3) is 27.3. The third-order valence-corrected chi connectivity index (χ3v) is 19.8. The molecule has 11 amide bonds. The summed E-state index contributed by atoms with van der Waals surface area (Å²) in [7, 11) is 9.94. The van der Waals surface area contributed by atoms with Crippen molar-refractivity contribution in [2.24, 2.45) is 41.4 Å². The summed E-state index contributed by atoms with van der Waals surface area (Å²) in [5.41, 5.74) is 0. The molecule has 26 heteroatoms. The van der Waals surface area contributed by atoms with Gasteiger partial charge in [0.25, 0.3) is 5.91 Å². The first-order valence-electron chi connectivity index (χ1n) is 35.5. The number of amides is 11. The van der Waals surface area contributed by atoms with Crippen molar-refractivity contribution in [2.75, 3.05) is 61.7 Å². The standard InChI is InChI=1S/C71H129N11O14S/c1-25-51-65(91)82(24)71(97-36-32-35-83)70(96)77(19)53(38-42(4)5)62(88)75-56(45(10)11)68(94)76(18)52(37-41(2)3)61(87)72-49(16)60(86)73-50(17)64(90)78(20)54(39-43(6)7)66(92)79(21)55(40-44(8)9)67(93)80(22)57(46(12)13)69(95)81(23)58(63(89)74-51)59(85)47(14)33-30-28-26-27-29-31-34-48(15)84/h41-47,49-59,71,83,85H,25-40H2,1-24H3,(H,72,87)(H,73,86)(H,74,89)(H,75,88)/t47-,49+,50-,51+,52+,53+,54+,55+,56+,57+,58+,59-,71-/m1/s1. The van der Waals surface area contributed by atoms with Crippen molar-refractivity contribution in [1.82, 2.24) is 55.6 Å². The van der Waals surface area contributed by atoms with E-state index in [-0.39, 0.29) is 80.3 Å². The third-order valence-electron chi connectivity index (χ3n) is 18.5. The topological polar surface area (TPSA) is 316 Å². The van der Waals surface area contributed by atoms with Gasteiger partial charge in [-0.25, -0.2) is 0 Å². The molecule has 13 atom stereocenters. The number of unbranched alkanes of at least 4 members (excludes halogenated alkanes) is 5. The zero-order valence-corrected chi connectivity index (χ0v) is 64.4. The Morgan fingerprint density at radius 3 is 1.33 bits per heavy atom. The number of thioether (sulfide) groups is 1. The van der Waals surface area contributed by atoms with Gasteiger partial charge >= 0.3 is 0 Å². The number of nitrogens with zero attached hydrogens (tertiary/aromatic N) is 7. The number of hydrogen-bond acceptors (Lipinski definition) is 15. The van der Waals surface area contributed by atoms with Crippen molar-refractivity contribution >= 4 is 82.5 Å². The number of aliphatic hydroxyl groups is 2. The van der Waals surface area contributed by atoms with E-state index < -0.39 is 155 Å². The number of carbonyl (C=O) groups excluding carboxylic acids is 12. The van der Waals surface area contributed by atoms with Gasteiger partial charge in [0.15, 0.2) is 5.37 Å². The molecule has 0 aromatic heterocycles. The van der Waals surface area contributed by atoms with Gasteiger partial charge in [-0.3, -0.25) is 52.7 Å². The van der Waals surface area contributed by atoms with E-state index in [2.05, 4.69) is 21.3 Å². The van der Waals surface area contributed by atoms with Gasteiger partial charge in [0, 0.05) is 62.4 Å². The molecule has 1 saturated heterocycles. The first-order valence-corrected chi connectivity index (χ1v) is 36.6. The summed E-state index contributed by atoms with van der Waals surface area (Å²) in [6.07, 6.45) is 5.05. The molecule has 558 valence electrons. The van der Waals surface area contributed by atoms with Gasteiger partial charge in [0.1, 0.15) is 66.2 Å². The maximum Gasteiger partial charge on any atom is 0.256 e. The lowest BCUT2D eigenvalue weighted by Crippen LogP contribution is -2.64. The maximum atomic E-state index is 15.5. The summed E-state index contributed by atoms with van der Waals surface area (Å²) in [5, 5.41) is 32.2. The molecule has 1 rings (SSSR count). The lowest BCUT2D eigenvalue weighted by atomic mass is 9.90. The molecule has 0 radical (unpaired) electrons. The minimum absolute atomic E-state index is 0.0308. The highest BCUT2D eigenvalue weighted by Gasteiger charge is 2.46. The van der Waals surface area contributed by atoms with Crippen molar-refractivity contribution in [3.63, 3.8) is 0 Å². The van der Waals surface area contributed by atoms with Gasteiger partial charge in [0.05, 0.1) is 6.10 Å². The van der Waals surface area contributed by atoms with E-state index in [9.17, 15) is 39.0 Å². The molecular weight excluding hydrogens is 1260 g/mol.